The summed E-state index contributed by atoms with van der Waals surface area (Å²) in [5, 5.41) is 14.9. The van der Waals surface area contributed by atoms with Crippen LogP contribution in [0, 0.1) is 0 Å². The zero-order valence-electron chi connectivity index (χ0n) is 16.1. The maximum absolute atomic E-state index is 14.5. The molecule has 5 N–H and O–H groups in total. The van der Waals surface area contributed by atoms with E-state index >= 15 is 0 Å². The molecule has 0 bridgehead atoms. The second kappa shape index (κ2) is 8.80. The number of nitrogens with zero attached hydrogens (tertiary/aromatic N) is 2. The van der Waals surface area contributed by atoms with Crippen LogP contribution in [0.25, 0.3) is 11.0 Å². The van der Waals surface area contributed by atoms with Crippen LogP contribution in [0.3, 0.4) is 0 Å². The normalized spacial score (nSPS) is 23.6. The van der Waals surface area contributed by atoms with Crippen molar-refractivity contribution in [1.29, 1.82) is 0 Å². The highest BCUT2D eigenvalue weighted by molar-refractivity contribution is 6.31. The molecule has 2 aromatic heterocycles. The number of rotatable bonds is 7. The molecular weight excluding hydrogens is 393 g/mol. The highest BCUT2D eigenvalue weighted by Crippen LogP contribution is 2.32. The van der Waals surface area contributed by atoms with E-state index in [0.29, 0.717) is 40.9 Å². The van der Waals surface area contributed by atoms with Crippen LogP contribution in [0.2, 0.25) is 5.02 Å². The first-order valence-electron chi connectivity index (χ1n) is 9.44. The number of nitrogens with two attached hydrogens (primary N) is 1. The number of aromatic amines is 1. The molecule has 29 heavy (non-hydrogen) atoms. The van der Waals surface area contributed by atoms with Crippen molar-refractivity contribution in [3.8, 4) is 0 Å². The van der Waals surface area contributed by atoms with Crippen molar-refractivity contribution >= 4 is 28.5 Å². The molecule has 0 amide bonds. The molecule has 0 spiro atoms. The molecule has 154 valence electrons. The van der Waals surface area contributed by atoms with Crippen molar-refractivity contribution in [1.82, 2.24) is 15.3 Å². The second-order valence-corrected chi connectivity index (χ2v) is 7.74. The van der Waals surface area contributed by atoms with E-state index in [1.54, 1.807) is 18.3 Å². The highest BCUT2D eigenvalue weighted by atomic mass is 35.5. The van der Waals surface area contributed by atoms with Crippen LogP contribution in [0.1, 0.15) is 37.7 Å². The highest BCUT2D eigenvalue weighted by Gasteiger charge is 2.33. The standard InChI is InChI=1S/C21H25ClFN5O/c1-3-7-21(29)8-5-6-14(10-21)27-20(17(23)4-2)28-18(24)16-12-26-19-15(16)9-13(22)11-25-19/h3-4,9,11-12,14,27,29H,1-2,5-8,10H2,(H2,24,28)(H,25,26)/b20-17+/t14-,21-/m0/s1. The largest absolute Gasteiger partial charge is 0.389 e. The summed E-state index contributed by atoms with van der Waals surface area (Å²) < 4.78 is 14.5. The van der Waals surface area contributed by atoms with E-state index < -0.39 is 11.4 Å². The number of amidine groups is 1. The van der Waals surface area contributed by atoms with E-state index in [1.807, 2.05) is 0 Å². The van der Waals surface area contributed by atoms with Crippen molar-refractivity contribution in [3.63, 3.8) is 0 Å². The molecule has 1 fully saturated rings. The number of pyridine rings is 1. The Kier molecular flexibility index (Phi) is 6.39. The zero-order valence-corrected chi connectivity index (χ0v) is 16.8. The number of fused-ring (bicyclic) bond motifs is 1. The van der Waals surface area contributed by atoms with Gasteiger partial charge in [-0.2, -0.15) is 0 Å². The Hall–Kier alpha value is -2.64. The van der Waals surface area contributed by atoms with Gasteiger partial charge in [0.2, 0.25) is 0 Å². The van der Waals surface area contributed by atoms with E-state index in [4.69, 9.17) is 17.3 Å². The van der Waals surface area contributed by atoms with Crippen molar-refractivity contribution in [2.45, 2.75) is 43.7 Å². The molecule has 6 nitrogen and oxygen atoms in total. The Morgan fingerprint density at radius 2 is 2.34 bits per heavy atom. The molecule has 1 aliphatic rings. The predicted molar refractivity (Wildman–Crippen MR) is 115 cm³/mol. The number of nitrogens with one attached hydrogen (secondary N) is 2. The second-order valence-electron chi connectivity index (χ2n) is 7.30. The lowest BCUT2D eigenvalue weighted by Gasteiger charge is -2.37. The summed E-state index contributed by atoms with van der Waals surface area (Å²) in [6.45, 7) is 7.19. The molecule has 2 atom stereocenters. The minimum Gasteiger partial charge on any atom is -0.389 e. The van der Waals surface area contributed by atoms with Crippen LogP contribution in [-0.2, 0) is 0 Å². The number of hydrogen-bond acceptors (Lipinski definition) is 4. The average Bonchev–Trinajstić information content (AvgIpc) is 3.10. The summed E-state index contributed by atoms with van der Waals surface area (Å²) >= 11 is 6.03. The molecule has 0 aromatic carbocycles. The third-order valence-electron chi connectivity index (χ3n) is 5.10. The van der Waals surface area contributed by atoms with Crippen LogP contribution in [0.15, 0.2) is 60.4 Å². The van der Waals surface area contributed by atoms with Crippen LogP contribution < -0.4 is 11.1 Å². The molecule has 1 saturated carbocycles. The molecule has 1 aliphatic carbocycles. The van der Waals surface area contributed by atoms with Gasteiger partial charge in [-0.3, -0.25) is 0 Å². The molecule has 8 heteroatoms. The maximum Gasteiger partial charge on any atom is 0.164 e. The van der Waals surface area contributed by atoms with E-state index in [1.165, 1.54) is 6.20 Å². The van der Waals surface area contributed by atoms with Gasteiger partial charge in [0, 0.05) is 29.4 Å². The lowest BCUT2D eigenvalue weighted by atomic mass is 9.80. The summed E-state index contributed by atoms with van der Waals surface area (Å²) in [4.78, 5) is 11.5. The number of H-pyrrole nitrogens is 1. The summed E-state index contributed by atoms with van der Waals surface area (Å²) in [5.74, 6) is -0.534. The topological polar surface area (TPSA) is 99.3 Å². The predicted octanol–water partition coefficient (Wildman–Crippen LogP) is 4.09. The Morgan fingerprint density at radius 3 is 3.07 bits per heavy atom. The number of allylic oxidation sites excluding steroid dienone is 2. The number of hydrogen-bond donors (Lipinski definition) is 4. The Labute approximate surface area is 174 Å². The summed E-state index contributed by atoms with van der Waals surface area (Å²) in [6.07, 6.45) is 9.20. The van der Waals surface area contributed by atoms with Crippen molar-refractivity contribution < 1.29 is 9.50 Å². The third-order valence-corrected chi connectivity index (χ3v) is 5.30. The van der Waals surface area contributed by atoms with E-state index in [2.05, 4.69) is 33.4 Å². The fourth-order valence-electron chi connectivity index (χ4n) is 3.73. The number of aliphatic hydroxyl groups is 1. The molecule has 2 heterocycles. The summed E-state index contributed by atoms with van der Waals surface area (Å²) in [7, 11) is 0. The lowest BCUT2D eigenvalue weighted by molar-refractivity contribution is -0.00335. The zero-order chi connectivity index (χ0) is 21.0. The van der Waals surface area contributed by atoms with Crippen LogP contribution in [-0.4, -0.2) is 32.6 Å². The van der Waals surface area contributed by atoms with Gasteiger partial charge in [0.1, 0.15) is 11.5 Å². The molecular formula is C21H25ClFN5O. The van der Waals surface area contributed by atoms with Crippen molar-refractivity contribution in [2.24, 2.45) is 10.7 Å². The van der Waals surface area contributed by atoms with Crippen LogP contribution in [0.5, 0.6) is 0 Å². The smallest absolute Gasteiger partial charge is 0.164 e. The molecule has 3 rings (SSSR count). The van der Waals surface area contributed by atoms with Crippen LogP contribution >= 0.6 is 11.6 Å². The van der Waals surface area contributed by atoms with E-state index in [-0.39, 0.29) is 17.7 Å². The van der Waals surface area contributed by atoms with Gasteiger partial charge in [-0.05, 0) is 44.2 Å². The van der Waals surface area contributed by atoms with E-state index in [0.717, 1.165) is 18.9 Å². The van der Waals surface area contributed by atoms with Gasteiger partial charge in [0.15, 0.2) is 11.6 Å². The third kappa shape index (κ3) is 4.86. The molecule has 0 radical (unpaired) electrons. The van der Waals surface area contributed by atoms with Gasteiger partial charge >= 0.3 is 0 Å². The van der Waals surface area contributed by atoms with Gasteiger partial charge in [-0.15, -0.1) is 6.58 Å². The molecule has 0 aliphatic heterocycles. The van der Waals surface area contributed by atoms with Gasteiger partial charge in [-0.25, -0.2) is 14.4 Å². The first-order chi connectivity index (χ1) is 13.8. The van der Waals surface area contributed by atoms with Gasteiger partial charge < -0.3 is 21.1 Å². The quantitative estimate of drug-likeness (QED) is 0.236. The first-order valence-corrected chi connectivity index (χ1v) is 9.82. The summed E-state index contributed by atoms with van der Waals surface area (Å²) in [5.41, 5.74) is 6.50. The fourth-order valence-corrected chi connectivity index (χ4v) is 3.89. The molecule has 0 unspecified atom stereocenters. The van der Waals surface area contributed by atoms with E-state index in [9.17, 15) is 9.50 Å². The minimum atomic E-state index is -0.845. The van der Waals surface area contributed by atoms with Crippen molar-refractivity contribution in [2.75, 3.05) is 0 Å². The number of aliphatic imine (C=N–C) groups is 1. The Morgan fingerprint density at radius 1 is 1.55 bits per heavy atom. The average molecular weight is 418 g/mol. The van der Waals surface area contributed by atoms with Gasteiger partial charge in [0.25, 0.3) is 0 Å². The molecule has 0 saturated heterocycles. The maximum atomic E-state index is 14.5. The Balaban J connectivity index is 1.88. The Bertz CT molecular complexity index is 983. The first kappa shape index (κ1) is 21.1. The number of aromatic nitrogens is 2. The van der Waals surface area contributed by atoms with Crippen LogP contribution in [0.4, 0.5) is 4.39 Å². The van der Waals surface area contributed by atoms with Crippen molar-refractivity contribution in [3.05, 3.63) is 66.0 Å². The molecule has 2 aromatic rings. The SMILES string of the molecule is C=CC[C@]1(O)CCC[C@H](NC(/N=C(\N)c2c[nH]c3ncc(Cl)cc23)=C(\F)C=C)C1. The fraction of sp³-hybridized carbons (Fsp3) is 0.333. The number of halogens is 2. The summed E-state index contributed by atoms with van der Waals surface area (Å²) in [6, 6.07) is 1.57. The monoisotopic (exact) mass is 417 g/mol. The lowest BCUT2D eigenvalue weighted by Crippen LogP contribution is -2.43. The van der Waals surface area contributed by atoms with Gasteiger partial charge in [0.05, 0.1) is 10.6 Å². The van der Waals surface area contributed by atoms with Gasteiger partial charge in [-0.1, -0.05) is 24.3 Å². The minimum absolute atomic E-state index is 0.0188.